The number of carbonyl (C=O) groups excluding carboxylic acids is 1. The molecule has 1 atom stereocenters. The zero-order valence-corrected chi connectivity index (χ0v) is 18.4. The first-order valence-electron chi connectivity index (χ1n) is 11.1. The normalized spacial score (nSPS) is 22.0. The Hall–Kier alpha value is -2.46. The molecule has 2 aliphatic heterocycles. The number of rotatable bonds is 5. The molecule has 1 aromatic rings. The minimum atomic E-state index is -5.08. The summed E-state index contributed by atoms with van der Waals surface area (Å²) in [7, 11) is 0. The number of carboxylic acids is 1. The molecule has 7 nitrogen and oxygen atoms in total. The third-order valence-corrected chi connectivity index (χ3v) is 6.00. The second kappa shape index (κ2) is 11.1. The van der Waals surface area contributed by atoms with Gasteiger partial charge in [0.2, 0.25) is 5.91 Å². The molecule has 0 bridgehead atoms. The van der Waals surface area contributed by atoms with Gasteiger partial charge in [-0.25, -0.2) is 4.79 Å². The van der Waals surface area contributed by atoms with Crippen LogP contribution in [-0.4, -0.2) is 64.4 Å². The fraction of sp³-hybridized carbons (Fsp3) is 0.609. The van der Waals surface area contributed by atoms with Crippen molar-refractivity contribution in [1.82, 2.24) is 9.88 Å². The molecular formula is C23H29F3N2O5. The Balaban J connectivity index is 0.000000383. The molecule has 3 aliphatic rings. The smallest absolute Gasteiger partial charge is 0.475 e. The fourth-order valence-electron chi connectivity index (χ4n) is 4.24. The highest BCUT2D eigenvalue weighted by Gasteiger charge is 2.49. The van der Waals surface area contributed by atoms with Crippen LogP contribution in [0.5, 0.6) is 0 Å². The zero-order chi connectivity index (χ0) is 23.9. The highest BCUT2D eigenvalue weighted by Crippen LogP contribution is 2.36. The lowest BCUT2D eigenvalue weighted by Crippen LogP contribution is -2.67. The van der Waals surface area contributed by atoms with Crippen molar-refractivity contribution < 1.29 is 37.3 Å². The summed E-state index contributed by atoms with van der Waals surface area (Å²) in [6.07, 6.45) is 8.08. The molecular weight excluding hydrogens is 441 g/mol. The summed E-state index contributed by atoms with van der Waals surface area (Å²) < 4.78 is 43.9. The minimum Gasteiger partial charge on any atom is -0.475 e. The number of hydrogen-bond acceptors (Lipinski definition) is 5. The quantitative estimate of drug-likeness (QED) is 0.657. The van der Waals surface area contributed by atoms with Crippen molar-refractivity contribution in [2.24, 2.45) is 0 Å². The molecule has 1 N–H and O–H groups in total. The number of ether oxygens (including phenoxy) is 2. The summed E-state index contributed by atoms with van der Waals surface area (Å²) in [5.41, 5.74) is 2.29. The van der Waals surface area contributed by atoms with Gasteiger partial charge >= 0.3 is 12.1 Å². The van der Waals surface area contributed by atoms with E-state index >= 15 is 0 Å². The summed E-state index contributed by atoms with van der Waals surface area (Å²) in [6.45, 7) is 2.76. The van der Waals surface area contributed by atoms with Gasteiger partial charge in [0.05, 0.1) is 25.8 Å². The van der Waals surface area contributed by atoms with E-state index in [0.29, 0.717) is 32.7 Å². The van der Waals surface area contributed by atoms with Gasteiger partial charge in [-0.05, 0) is 49.8 Å². The molecule has 2 fully saturated rings. The third-order valence-electron chi connectivity index (χ3n) is 6.00. The largest absolute Gasteiger partial charge is 0.490 e. The first-order valence-corrected chi connectivity index (χ1v) is 11.1. The van der Waals surface area contributed by atoms with Crippen LogP contribution in [-0.2, 0) is 25.7 Å². The van der Waals surface area contributed by atoms with Crippen LogP contribution in [0, 0.1) is 0 Å². The van der Waals surface area contributed by atoms with Crippen LogP contribution in [0.15, 0.2) is 36.2 Å². The first kappa shape index (κ1) is 25.2. The summed E-state index contributed by atoms with van der Waals surface area (Å²) in [6, 6.07) is 3.97. The van der Waals surface area contributed by atoms with Crippen LogP contribution >= 0.6 is 0 Å². The van der Waals surface area contributed by atoms with E-state index in [1.807, 2.05) is 17.0 Å². The molecule has 182 valence electrons. The van der Waals surface area contributed by atoms with Gasteiger partial charge in [0.1, 0.15) is 5.60 Å². The van der Waals surface area contributed by atoms with Gasteiger partial charge in [0.25, 0.3) is 0 Å². The van der Waals surface area contributed by atoms with Gasteiger partial charge in [-0.2, -0.15) is 13.2 Å². The van der Waals surface area contributed by atoms with E-state index in [4.69, 9.17) is 19.4 Å². The topological polar surface area (TPSA) is 89.0 Å². The van der Waals surface area contributed by atoms with Gasteiger partial charge in [-0.15, -0.1) is 0 Å². The molecule has 1 amide bonds. The second-order valence-corrected chi connectivity index (χ2v) is 8.65. The van der Waals surface area contributed by atoms with Crippen molar-refractivity contribution >= 4 is 11.9 Å². The SMILES string of the molecule is O=C(CC1=CCCCC1)N1CC2(CC(OCc3ccncc3)CCO2)C1.O=C(O)C(F)(F)F. The molecule has 2 saturated heterocycles. The van der Waals surface area contributed by atoms with Crippen molar-refractivity contribution in [3.05, 3.63) is 41.7 Å². The molecule has 4 rings (SSSR count). The van der Waals surface area contributed by atoms with Crippen LogP contribution < -0.4 is 0 Å². The molecule has 3 heterocycles. The van der Waals surface area contributed by atoms with Crippen molar-refractivity contribution in [3.63, 3.8) is 0 Å². The number of halogens is 3. The molecule has 0 aromatic carbocycles. The first-order chi connectivity index (χ1) is 15.7. The Labute approximate surface area is 190 Å². The molecule has 33 heavy (non-hydrogen) atoms. The number of nitrogens with zero attached hydrogens (tertiary/aromatic N) is 2. The fourth-order valence-corrected chi connectivity index (χ4v) is 4.24. The minimum absolute atomic E-state index is 0.183. The zero-order valence-electron chi connectivity index (χ0n) is 18.4. The Kier molecular flexibility index (Phi) is 8.47. The predicted octanol–water partition coefficient (Wildman–Crippen LogP) is 3.88. The van der Waals surface area contributed by atoms with E-state index < -0.39 is 12.1 Å². The van der Waals surface area contributed by atoms with Crippen LogP contribution in [0.2, 0.25) is 0 Å². The van der Waals surface area contributed by atoms with E-state index in [2.05, 4.69) is 11.1 Å². The Morgan fingerprint density at radius 1 is 1.24 bits per heavy atom. The molecule has 1 unspecified atom stereocenters. The van der Waals surface area contributed by atoms with Crippen LogP contribution in [0.4, 0.5) is 13.2 Å². The van der Waals surface area contributed by atoms with Crippen molar-refractivity contribution in [2.45, 2.75) is 69.4 Å². The Morgan fingerprint density at radius 2 is 1.94 bits per heavy atom. The average Bonchev–Trinajstić information content (AvgIpc) is 2.77. The van der Waals surface area contributed by atoms with Crippen LogP contribution in [0.25, 0.3) is 0 Å². The molecule has 1 aliphatic carbocycles. The lowest BCUT2D eigenvalue weighted by molar-refractivity contribution is -0.202. The van der Waals surface area contributed by atoms with Crippen molar-refractivity contribution in [3.8, 4) is 0 Å². The molecule has 1 aromatic heterocycles. The standard InChI is InChI=1S/C21H28N2O3.C2HF3O2/c24-20(12-17-4-2-1-3-5-17)23-15-21(16-23)13-19(8-11-26-21)25-14-18-6-9-22-10-7-18;3-2(4,5)1(6)7/h4,6-7,9-10,19H,1-3,5,8,11-16H2;(H,6,7). The third kappa shape index (κ3) is 7.53. The summed E-state index contributed by atoms with van der Waals surface area (Å²) in [4.78, 5) is 27.4. The highest BCUT2D eigenvalue weighted by molar-refractivity contribution is 5.80. The maximum atomic E-state index is 12.5. The van der Waals surface area contributed by atoms with Gasteiger partial charge < -0.3 is 19.5 Å². The number of aliphatic carboxylic acids is 1. The predicted molar refractivity (Wildman–Crippen MR) is 112 cm³/mol. The van der Waals surface area contributed by atoms with E-state index in [0.717, 1.165) is 31.2 Å². The van der Waals surface area contributed by atoms with Crippen molar-refractivity contribution in [1.29, 1.82) is 0 Å². The highest BCUT2D eigenvalue weighted by atomic mass is 19.4. The number of aromatic nitrogens is 1. The van der Waals surface area contributed by atoms with Gasteiger partial charge in [-0.3, -0.25) is 9.78 Å². The number of alkyl halides is 3. The van der Waals surface area contributed by atoms with E-state index in [1.165, 1.54) is 18.4 Å². The molecule has 10 heteroatoms. The molecule has 1 spiro atoms. The van der Waals surface area contributed by atoms with E-state index in [1.54, 1.807) is 12.4 Å². The maximum Gasteiger partial charge on any atom is 0.490 e. The number of pyridine rings is 1. The van der Waals surface area contributed by atoms with Gasteiger partial charge in [-0.1, -0.05) is 11.6 Å². The van der Waals surface area contributed by atoms with Gasteiger partial charge in [0.15, 0.2) is 0 Å². The summed E-state index contributed by atoms with van der Waals surface area (Å²) in [5, 5.41) is 7.12. The number of likely N-dealkylation sites (tertiary alicyclic amines) is 1. The number of allylic oxidation sites excluding steroid dienone is 1. The van der Waals surface area contributed by atoms with Crippen LogP contribution in [0.1, 0.15) is 50.5 Å². The summed E-state index contributed by atoms with van der Waals surface area (Å²) >= 11 is 0. The van der Waals surface area contributed by atoms with E-state index in [9.17, 15) is 18.0 Å². The lowest BCUT2D eigenvalue weighted by atomic mass is 9.84. The van der Waals surface area contributed by atoms with E-state index in [-0.39, 0.29) is 17.6 Å². The van der Waals surface area contributed by atoms with Gasteiger partial charge in [0, 0.05) is 31.8 Å². The molecule has 0 radical (unpaired) electrons. The Morgan fingerprint density at radius 3 is 2.55 bits per heavy atom. The van der Waals surface area contributed by atoms with Crippen molar-refractivity contribution in [2.75, 3.05) is 19.7 Å². The van der Waals surface area contributed by atoms with Crippen LogP contribution in [0.3, 0.4) is 0 Å². The maximum absolute atomic E-state index is 12.5. The molecule has 0 saturated carbocycles. The second-order valence-electron chi connectivity index (χ2n) is 8.65. The number of hydrogen-bond donors (Lipinski definition) is 1. The monoisotopic (exact) mass is 470 g/mol. The Bertz CT molecular complexity index is 838. The number of carbonyl (C=O) groups is 2. The number of amides is 1. The number of carboxylic acid groups (broad SMARTS) is 1. The average molecular weight is 470 g/mol. The lowest BCUT2D eigenvalue weighted by Gasteiger charge is -2.53. The summed E-state index contributed by atoms with van der Waals surface area (Å²) in [5.74, 6) is -2.50.